The predicted octanol–water partition coefficient (Wildman–Crippen LogP) is 4.06. The van der Waals surface area contributed by atoms with Crippen LogP contribution in [0.5, 0.6) is 0 Å². The molecule has 1 saturated carbocycles. The SMILES string of the molecule is COC(=O)c1ccccc1Nc1cc(C(=O)NC2CCCCCC2)ccn1. The zero-order valence-electron chi connectivity index (χ0n) is 15.5. The molecule has 1 heterocycles. The maximum atomic E-state index is 12.6. The van der Waals surface area contributed by atoms with Gasteiger partial charge in [-0.15, -0.1) is 0 Å². The van der Waals surface area contributed by atoms with Gasteiger partial charge in [0, 0.05) is 17.8 Å². The summed E-state index contributed by atoms with van der Waals surface area (Å²) in [7, 11) is 1.34. The number of amides is 1. The molecule has 1 aromatic carbocycles. The summed E-state index contributed by atoms with van der Waals surface area (Å²) in [6.07, 6.45) is 8.48. The number of anilines is 2. The van der Waals surface area contributed by atoms with Gasteiger partial charge in [-0.3, -0.25) is 4.79 Å². The first kappa shape index (κ1) is 18.9. The summed E-state index contributed by atoms with van der Waals surface area (Å²) in [5.74, 6) is -0.0196. The highest BCUT2D eigenvalue weighted by atomic mass is 16.5. The predicted molar refractivity (Wildman–Crippen MR) is 104 cm³/mol. The first-order chi connectivity index (χ1) is 13.2. The van der Waals surface area contributed by atoms with Crippen molar-refractivity contribution in [2.75, 3.05) is 12.4 Å². The third-order valence-electron chi connectivity index (χ3n) is 4.81. The molecule has 1 aromatic heterocycles. The van der Waals surface area contributed by atoms with Crippen LogP contribution in [0.15, 0.2) is 42.6 Å². The molecule has 2 N–H and O–H groups in total. The lowest BCUT2D eigenvalue weighted by Crippen LogP contribution is -2.34. The van der Waals surface area contributed by atoms with E-state index in [1.54, 1.807) is 36.5 Å². The molecule has 3 rings (SSSR count). The van der Waals surface area contributed by atoms with Crippen LogP contribution in [0.4, 0.5) is 11.5 Å². The second kappa shape index (κ2) is 9.16. The molecular weight excluding hydrogens is 342 g/mol. The Morgan fingerprint density at radius 2 is 1.81 bits per heavy atom. The lowest BCUT2D eigenvalue weighted by Gasteiger charge is -2.16. The number of ether oxygens (including phenoxy) is 1. The largest absolute Gasteiger partial charge is 0.465 e. The highest BCUT2D eigenvalue weighted by Crippen LogP contribution is 2.21. The number of nitrogens with zero attached hydrogens (tertiary/aromatic N) is 1. The quantitative estimate of drug-likeness (QED) is 0.615. The highest BCUT2D eigenvalue weighted by molar-refractivity contribution is 5.97. The lowest BCUT2D eigenvalue weighted by atomic mass is 10.1. The van der Waals surface area contributed by atoms with Crippen LogP contribution < -0.4 is 10.6 Å². The summed E-state index contributed by atoms with van der Waals surface area (Å²) in [6.45, 7) is 0. The summed E-state index contributed by atoms with van der Waals surface area (Å²) in [5, 5.41) is 6.24. The molecule has 0 spiro atoms. The first-order valence-corrected chi connectivity index (χ1v) is 9.38. The minimum atomic E-state index is -0.430. The number of para-hydroxylation sites is 1. The average molecular weight is 367 g/mol. The fourth-order valence-corrected chi connectivity index (χ4v) is 3.35. The summed E-state index contributed by atoms with van der Waals surface area (Å²) < 4.78 is 4.81. The van der Waals surface area contributed by atoms with Crippen molar-refractivity contribution in [1.29, 1.82) is 0 Å². The Hall–Kier alpha value is -2.89. The monoisotopic (exact) mass is 367 g/mol. The molecule has 142 valence electrons. The van der Waals surface area contributed by atoms with Crippen molar-refractivity contribution in [3.63, 3.8) is 0 Å². The van der Waals surface area contributed by atoms with Crippen LogP contribution in [-0.2, 0) is 4.74 Å². The van der Waals surface area contributed by atoms with E-state index in [0.717, 1.165) is 12.8 Å². The summed E-state index contributed by atoms with van der Waals surface area (Å²) in [6, 6.07) is 10.7. The van der Waals surface area contributed by atoms with E-state index in [-0.39, 0.29) is 11.9 Å². The molecular formula is C21H25N3O3. The maximum absolute atomic E-state index is 12.6. The van der Waals surface area contributed by atoms with Crippen molar-refractivity contribution in [2.24, 2.45) is 0 Å². The van der Waals surface area contributed by atoms with Gasteiger partial charge in [0.1, 0.15) is 5.82 Å². The van der Waals surface area contributed by atoms with Crippen molar-refractivity contribution in [1.82, 2.24) is 10.3 Å². The van der Waals surface area contributed by atoms with Crippen molar-refractivity contribution >= 4 is 23.4 Å². The Morgan fingerprint density at radius 1 is 1.07 bits per heavy atom. The van der Waals surface area contributed by atoms with Crippen LogP contribution in [-0.4, -0.2) is 30.0 Å². The molecule has 0 saturated heterocycles. The fourth-order valence-electron chi connectivity index (χ4n) is 3.35. The standard InChI is InChI=1S/C21H25N3O3/c1-27-21(26)17-10-6-7-11-18(17)24-19-14-15(12-13-22-19)20(25)23-16-8-4-2-3-5-9-16/h6-7,10-14,16H,2-5,8-9H2,1H3,(H,22,24)(H,23,25). The number of carbonyl (C=O) groups excluding carboxylic acids is 2. The molecule has 27 heavy (non-hydrogen) atoms. The zero-order valence-corrected chi connectivity index (χ0v) is 15.5. The number of pyridine rings is 1. The zero-order chi connectivity index (χ0) is 19.1. The first-order valence-electron chi connectivity index (χ1n) is 9.38. The number of hydrogen-bond acceptors (Lipinski definition) is 5. The molecule has 0 bridgehead atoms. The number of esters is 1. The van der Waals surface area contributed by atoms with Gasteiger partial charge in [-0.1, -0.05) is 37.8 Å². The van der Waals surface area contributed by atoms with Gasteiger partial charge in [0.05, 0.1) is 18.4 Å². The molecule has 6 heteroatoms. The van der Waals surface area contributed by atoms with E-state index in [1.807, 2.05) is 6.07 Å². The molecule has 6 nitrogen and oxygen atoms in total. The number of methoxy groups -OCH3 is 1. The Labute approximate surface area is 159 Å². The van der Waals surface area contributed by atoms with E-state index in [0.29, 0.717) is 22.6 Å². The fraction of sp³-hybridized carbons (Fsp3) is 0.381. The Kier molecular flexibility index (Phi) is 6.41. The van der Waals surface area contributed by atoms with Gasteiger partial charge in [-0.25, -0.2) is 9.78 Å². The smallest absolute Gasteiger partial charge is 0.339 e. The Morgan fingerprint density at radius 3 is 2.56 bits per heavy atom. The minimum Gasteiger partial charge on any atom is -0.465 e. The highest BCUT2D eigenvalue weighted by Gasteiger charge is 2.17. The second-order valence-electron chi connectivity index (χ2n) is 6.75. The Balaban J connectivity index is 1.72. The third-order valence-corrected chi connectivity index (χ3v) is 4.81. The molecule has 0 atom stereocenters. The molecule has 1 aliphatic carbocycles. The topological polar surface area (TPSA) is 80.3 Å². The summed E-state index contributed by atoms with van der Waals surface area (Å²) >= 11 is 0. The molecule has 2 aromatic rings. The van der Waals surface area contributed by atoms with Crippen LogP contribution >= 0.6 is 0 Å². The van der Waals surface area contributed by atoms with Gasteiger partial charge in [0.25, 0.3) is 5.91 Å². The minimum absolute atomic E-state index is 0.0893. The molecule has 0 unspecified atom stereocenters. The average Bonchev–Trinajstić information content (AvgIpc) is 2.96. The number of aromatic nitrogens is 1. The van der Waals surface area contributed by atoms with Crippen molar-refractivity contribution in [2.45, 2.75) is 44.6 Å². The van der Waals surface area contributed by atoms with Crippen LogP contribution in [0, 0.1) is 0 Å². The van der Waals surface area contributed by atoms with Gasteiger partial charge >= 0.3 is 5.97 Å². The number of rotatable bonds is 5. The van der Waals surface area contributed by atoms with E-state index < -0.39 is 5.97 Å². The maximum Gasteiger partial charge on any atom is 0.339 e. The van der Waals surface area contributed by atoms with E-state index >= 15 is 0 Å². The van der Waals surface area contributed by atoms with Crippen LogP contribution in [0.25, 0.3) is 0 Å². The summed E-state index contributed by atoms with van der Waals surface area (Å²) in [5.41, 5.74) is 1.54. The second-order valence-corrected chi connectivity index (χ2v) is 6.75. The van der Waals surface area contributed by atoms with Crippen LogP contribution in [0.3, 0.4) is 0 Å². The van der Waals surface area contributed by atoms with Gasteiger partial charge in [-0.2, -0.15) is 0 Å². The van der Waals surface area contributed by atoms with Crippen LogP contribution in [0.2, 0.25) is 0 Å². The van der Waals surface area contributed by atoms with Gasteiger partial charge in [-0.05, 0) is 37.1 Å². The number of hydrogen-bond donors (Lipinski definition) is 2. The van der Waals surface area contributed by atoms with Crippen molar-refractivity contribution in [3.05, 3.63) is 53.7 Å². The summed E-state index contributed by atoms with van der Waals surface area (Å²) in [4.78, 5) is 28.8. The van der Waals surface area contributed by atoms with Crippen LogP contribution in [0.1, 0.15) is 59.2 Å². The van der Waals surface area contributed by atoms with Gasteiger partial charge < -0.3 is 15.4 Å². The van der Waals surface area contributed by atoms with E-state index in [2.05, 4.69) is 15.6 Å². The van der Waals surface area contributed by atoms with Gasteiger partial charge in [0.2, 0.25) is 0 Å². The van der Waals surface area contributed by atoms with E-state index in [4.69, 9.17) is 4.74 Å². The van der Waals surface area contributed by atoms with Gasteiger partial charge in [0.15, 0.2) is 0 Å². The lowest BCUT2D eigenvalue weighted by molar-refractivity contribution is 0.0601. The number of nitrogens with one attached hydrogen (secondary N) is 2. The molecule has 0 aliphatic heterocycles. The third kappa shape index (κ3) is 5.06. The van der Waals surface area contributed by atoms with Crippen molar-refractivity contribution < 1.29 is 14.3 Å². The van der Waals surface area contributed by atoms with E-state index in [1.165, 1.54) is 32.8 Å². The molecule has 1 fully saturated rings. The number of benzene rings is 1. The van der Waals surface area contributed by atoms with Crippen molar-refractivity contribution in [3.8, 4) is 0 Å². The van der Waals surface area contributed by atoms with E-state index in [9.17, 15) is 9.59 Å². The Bertz CT molecular complexity index is 799. The normalized spacial score (nSPS) is 14.9. The molecule has 1 amide bonds. The number of carbonyl (C=O) groups is 2. The molecule has 1 aliphatic rings. The molecule has 0 radical (unpaired) electrons.